The van der Waals surface area contributed by atoms with E-state index in [1.165, 1.54) is 6.08 Å². The van der Waals surface area contributed by atoms with Crippen molar-refractivity contribution in [1.82, 2.24) is 4.90 Å². The minimum atomic E-state index is -1.49. The van der Waals surface area contributed by atoms with E-state index in [1.807, 2.05) is 38.2 Å². The Morgan fingerprint density at radius 2 is 1.50 bits per heavy atom. The highest BCUT2D eigenvalue weighted by Gasteiger charge is 2.36. The zero-order valence-electron chi connectivity index (χ0n) is 16.8. The molecule has 1 atom stereocenters. The van der Waals surface area contributed by atoms with Crippen LogP contribution >= 0.6 is 0 Å². The minimum Gasteiger partial charge on any atom is -0.481 e. The molecule has 0 aromatic heterocycles. The van der Waals surface area contributed by atoms with E-state index in [0.717, 1.165) is 4.90 Å². The normalized spacial score (nSPS) is 12.1. The highest BCUT2D eigenvalue weighted by molar-refractivity contribution is 6.00. The fraction of sp³-hybridized carbons (Fsp3) is 0.524. The fourth-order valence-electron chi connectivity index (χ4n) is 2.49. The number of carboxylic acid groups (broad SMARTS) is 1. The monoisotopic (exact) mass is 393 g/mol. The van der Waals surface area contributed by atoms with Crippen molar-refractivity contribution < 1.29 is 29.0 Å². The molecule has 0 bridgehead atoms. The first-order valence-electron chi connectivity index (χ1n) is 9.45. The molecule has 0 aliphatic carbocycles. The van der Waals surface area contributed by atoms with Crippen LogP contribution in [0.1, 0.15) is 58.8 Å². The van der Waals surface area contributed by atoms with Crippen LogP contribution in [0.4, 0.5) is 0 Å². The summed E-state index contributed by atoms with van der Waals surface area (Å²) in [5, 5.41) is 9.17. The third-order valence-corrected chi connectivity index (χ3v) is 3.83. The quantitative estimate of drug-likeness (QED) is 0.276. The molecule has 28 heavy (non-hydrogen) atoms. The number of unbranched alkanes of at least 4 members (excludes halogenated alkanes) is 2. The number of hydrogen-bond donors (Lipinski definition) is 1. The van der Waals surface area contributed by atoms with Crippen molar-refractivity contribution in [1.29, 1.82) is 0 Å². The van der Waals surface area contributed by atoms with Gasteiger partial charge in [-0.1, -0.05) is 37.0 Å². The van der Waals surface area contributed by atoms with Gasteiger partial charge in [-0.25, -0.2) is 4.79 Å². The summed E-state index contributed by atoms with van der Waals surface area (Å²) in [4.78, 5) is 49.7. The Bertz CT molecular complexity index is 564. The van der Waals surface area contributed by atoms with E-state index in [1.54, 1.807) is 0 Å². The third-order valence-electron chi connectivity index (χ3n) is 3.83. The Morgan fingerprint density at radius 3 is 1.89 bits per heavy atom. The van der Waals surface area contributed by atoms with Crippen LogP contribution < -0.4 is 0 Å². The smallest absolute Gasteiger partial charge is 0.330 e. The topological polar surface area (TPSA) is 101 Å². The van der Waals surface area contributed by atoms with Crippen molar-refractivity contribution in [3.05, 3.63) is 37.0 Å². The van der Waals surface area contributed by atoms with Crippen molar-refractivity contribution in [2.45, 2.75) is 64.8 Å². The number of aliphatic carboxylic acids is 1. The van der Waals surface area contributed by atoms with Gasteiger partial charge < -0.3 is 9.84 Å². The van der Waals surface area contributed by atoms with Crippen molar-refractivity contribution >= 4 is 23.8 Å². The lowest BCUT2D eigenvalue weighted by atomic mass is 10.1. The maximum Gasteiger partial charge on any atom is 0.330 e. The van der Waals surface area contributed by atoms with Gasteiger partial charge in [0, 0.05) is 12.8 Å². The number of esters is 1. The molecule has 1 unspecified atom stereocenters. The molecule has 7 heteroatoms. The predicted octanol–water partition coefficient (Wildman–Crippen LogP) is 3.41. The summed E-state index contributed by atoms with van der Waals surface area (Å²) in [5.41, 5.74) is 0. The van der Waals surface area contributed by atoms with Crippen molar-refractivity contribution in [3.63, 3.8) is 0 Å². The van der Waals surface area contributed by atoms with Crippen molar-refractivity contribution in [2.24, 2.45) is 0 Å². The second kappa shape index (κ2) is 15.4. The number of hydrogen-bond acceptors (Lipinski definition) is 5. The van der Waals surface area contributed by atoms with E-state index in [2.05, 4.69) is 6.58 Å². The molecule has 0 rings (SSSR count). The molecule has 0 spiro atoms. The largest absolute Gasteiger partial charge is 0.481 e. The van der Waals surface area contributed by atoms with Gasteiger partial charge in [0.1, 0.15) is 12.6 Å². The average Bonchev–Trinajstić information content (AvgIpc) is 2.65. The van der Waals surface area contributed by atoms with Gasteiger partial charge in [0.05, 0.1) is 6.42 Å². The molecule has 0 aromatic carbocycles. The molecule has 0 aromatic rings. The summed E-state index contributed by atoms with van der Waals surface area (Å²) in [6.07, 6.45) is 10.5. The van der Waals surface area contributed by atoms with Gasteiger partial charge in [-0.05, 0) is 39.5 Å². The molecule has 0 heterocycles. The first-order chi connectivity index (χ1) is 13.4. The maximum atomic E-state index is 12.7. The Balaban J connectivity index is 5.46. The lowest BCUT2D eigenvalue weighted by molar-refractivity contribution is -0.163. The number of rotatable bonds is 14. The highest BCUT2D eigenvalue weighted by atomic mass is 16.5. The zero-order chi connectivity index (χ0) is 21.4. The van der Waals surface area contributed by atoms with Gasteiger partial charge in [-0.2, -0.15) is 0 Å². The average molecular weight is 393 g/mol. The molecule has 0 saturated carbocycles. The molecular weight excluding hydrogens is 362 g/mol. The van der Waals surface area contributed by atoms with E-state index in [-0.39, 0.29) is 19.4 Å². The summed E-state index contributed by atoms with van der Waals surface area (Å²) in [6, 6.07) is -1.49. The molecule has 2 amide bonds. The van der Waals surface area contributed by atoms with Crippen LogP contribution in [0.25, 0.3) is 0 Å². The summed E-state index contributed by atoms with van der Waals surface area (Å²) in [6.45, 7) is 7.02. The summed E-state index contributed by atoms with van der Waals surface area (Å²) >= 11 is 0. The SMILES string of the molecule is C=CCOC(=O)C(CC(=O)O)N(C(=O)CCC/C=C/C)C(=O)CCC/C=C/C. The lowest BCUT2D eigenvalue weighted by Gasteiger charge is -2.28. The van der Waals surface area contributed by atoms with Gasteiger partial charge >= 0.3 is 11.9 Å². The van der Waals surface area contributed by atoms with Crippen LogP contribution in [0.2, 0.25) is 0 Å². The Kier molecular flexibility index (Phi) is 13.9. The van der Waals surface area contributed by atoms with Gasteiger partial charge in [0.25, 0.3) is 0 Å². The van der Waals surface area contributed by atoms with Crippen LogP contribution in [0, 0.1) is 0 Å². The van der Waals surface area contributed by atoms with Gasteiger partial charge in [0.15, 0.2) is 0 Å². The molecule has 7 nitrogen and oxygen atoms in total. The van der Waals surface area contributed by atoms with Crippen LogP contribution in [-0.2, 0) is 23.9 Å². The number of allylic oxidation sites excluding steroid dienone is 4. The second-order valence-electron chi connectivity index (χ2n) is 6.11. The number of carbonyl (C=O) groups excluding carboxylic acids is 3. The first-order valence-corrected chi connectivity index (χ1v) is 9.45. The Hall–Kier alpha value is -2.70. The van der Waals surface area contributed by atoms with E-state index in [0.29, 0.717) is 25.7 Å². The molecular formula is C21H31NO6. The standard InChI is InChI=1S/C21H31NO6/c1-4-7-9-11-13-18(23)22(19(24)14-12-10-8-5-2)17(16-20(25)26)21(27)28-15-6-3/h4-8,17H,3,9-16H2,1-2H3,(H,25,26)/b7-4+,8-5+. The molecule has 0 radical (unpaired) electrons. The van der Waals surface area contributed by atoms with Crippen LogP contribution in [0.15, 0.2) is 37.0 Å². The third kappa shape index (κ3) is 10.4. The molecule has 156 valence electrons. The van der Waals surface area contributed by atoms with Crippen LogP contribution in [-0.4, -0.2) is 46.4 Å². The fourth-order valence-corrected chi connectivity index (χ4v) is 2.49. The van der Waals surface area contributed by atoms with Gasteiger partial charge in [-0.15, -0.1) is 0 Å². The minimum absolute atomic E-state index is 0.0375. The number of carbonyl (C=O) groups is 4. The van der Waals surface area contributed by atoms with E-state index >= 15 is 0 Å². The molecule has 0 fully saturated rings. The van der Waals surface area contributed by atoms with E-state index < -0.39 is 36.2 Å². The van der Waals surface area contributed by atoms with E-state index in [9.17, 15) is 19.2 Å². The summed E-state index contributed by atoms with van der Waals surface area (Å²) in [7, 11) is 0. The van der Waals surface area contributed by atoms with Gasteiger partial charge in [-0.3, -0.25) is 19.3 Å². The molecule has 1 N–H and O–H groups in total. The lowest BCUT2D eigenvalue weighted by Crippen LogP contribution is -2.50. The number of carboxylic acids is 1. The number of imide groups is 1. The van der Waals surface area contributed by atoms with Crippen LogP contribution in [0.5, 0.6) is 0 Å². The molecule has 0 aliphatic rings. The first kappa shape index (κ1) is 25.3. The van der Waals surface area contributed by atoms with Crippen LogP contribution in [0.3, 0.4) is 0 Å². The summed E-state index contributed by atoms with van der Waals surface area (Å²) < 4.78 is 4.93. The molecule has 0 aliphatic heterocycles. The number of ether oxygens (including phenoxy) is 1. The second-order valence-corrected chi connectivity index (χ2v) is 6.11. The van der Waals surface area contributed by atoms with Gasteiger partial charge in [0.2, 0.25) is 11.8 Å². The highest BCUT2D eigenvalue weighted by Crippen LogP contribution is 2.15. The Morgan fingerprint density at radius 1 is 1.00 bits per heavy atom. The zero-order valence-corrected chi connectivity index (χ0v) is 16.8. The van der Waals surface area contributed by atoms with Crippen molar-refractivity contribution in [3.8, 4) is 0 Å². The number of amides is 2. The summed E-state index contributed by atoms with van der Waals surface area (Å²) in [5.74, 6) is -3.36. The predicted molar refractivity (Wildman–Crippen MR) is 106 cm³/mol. The Labute approximate surface area is 166 Å². The van der Waals surface area contributed by atoms with Crippen molar-refractivity contribution in [2.75, 3.05) is 6.61 Å². The number of nitrogens with zero attached hydrogens (tertiary/aromatic N) is 1. The molecule has 0 saturated heterocycles. The van der Waals surface area contributed by atoms with E-state index in [4.69, 9.17) is 9.84 Å². The maximum absolute atomic E-state index is 12.7.